The maximum absolute atomic E-state index is 11.7. The zero-order valence-corrected chi connectivity index (χ0v) is 13.6. The van der Waals surface area contributed by atoms with E-state index in [9.17, 15) is 9.59 Å². The lowest BCUT2D eigenvalue weighted by Crippen LogP contribution is -2.17. The van der Waals surface area contributed by atoms with Gasteiger partial charge in [-0.15, -0.1) is 0 Å². The van der Waals surface area contributed by atoms with Crippen molar-refractivity contribution in [2.75, 3.05) is 7.05 Å². The summed E-state index contributed by atoms with van der Waals surface area (Å²) >= 11 is 0. The molecule has 0 heterocycles. The van der Waals surface area contributed by atoms with Gasteiger partial charge >= 0.3 is 0 Å². The summed E-state index contributed by atoms with van der Waals surface area (Å²) in [6.07, 6.45) is 0.931. The summed E-state index contributed by atoms with van der Waals surface area (Å²) in [5, 5.41) is 2.61. The van der Waals surface area contributed by atoms with Gasteiger partial charge in [-0.3, -0.25) is 4.79 Å². The molecule has 1 atom stereocenters. The average Bonchev–Trinajstić information content (AvgIpc) is 2.62. The first kappa shape index (κ1) is 17.6. The molecule has 1 unspecified atom stereocenters. The van der Waals surface area contributed by atoms with Crippen molar-refractivity contribution >= 4 is 12.2 Å². The van der Waals surface area contributed by atoms with Crippen molar-refractivity contribution in [3.63, 3.8) is 0 Å². The summed E-state index contributed by atoms with van der Waals surface area (Å²) in [6, 6.07) is 15.3. The van der Waals surface area contributed by atoms with E-state index in [1.165, 1.54) is 0 Å². The van der Waals surface area contributed by atoms with E-state index >= 15 is 0 Å². The molecule has 2 rings (SSSR count). The zero-order chi connectivity index (χ0) is 16.5. The molecule has 0 fully saturated rings. The summed E-state index contributed by atoms with van der Waals surface area (Å²) in [5.74, 6) is -0.235. The predicted octanol–water partition coefficient (Wildman–Crippen LogP) is 4.29. The van der Waals surface area contributed by atoms with Crippen LogP contribution in [0.5, 0.6) is 0 Å². The van der Waals surface area contributed by atoms with E-state index in [0.717, 1.165) is 23.0 Å². The first-order valence-corrected chi connectivity index (χ1v) is 7.53. The monoisotopic (exact) mass is 299 g/mol. The first-order chi connectivity index (χ1) is 10.7. The van der Waals surface area contributed by atoms with Crippen LogP contribution in [0.15, 0.2) is 48.5 Å². The van der Waals surface area contributed by atoms with Gasteiger partial charge in [0, 0.05) is 20.0 Å². The standard InChI is InChI=1S/C17H17NO2.C2H6.H2/c1-12(11-19)13-5-3-6-14(9-13)15-7-4-8-16(10-15)17(20)18-2;1-2;/h3-12H,1-2H3,(H,18,20);1-2H3;1H. The lowest BCUT2D eigenvalue weighted by atomic mass is 9.96. The molecule has 3 nitrogen and oxygen atoms in total. The Bertz CT molecular complexity index is 641. The van der Waals surface area contributed by atoms with Gasteiger partial charge in [-0.2, -0.15) is 0 Å². The van der Waals surface area contributed by atoms with E-state index < -0.39 is 0 Å². The topological polar surface area (TPSA) is 46.2 Å². The van der Waals surface area contributed by atoms with Gasteiger partial charge in [0.1, 0.15) is 6.29 Å². The number of nitrogens with one attached hydrogen (secondary N) is 1. The summed E-state index contributed by atoms with van der Waals surface area (Å²) in [4.78, 5) is 22.5. The number of carbonyl (C=O) groups is 2. The molecule has 2 aromatic rings. The Balaban J connectivity index is 0.00000155. The Hall–Kier alpha value is -2.42. The molecule has 22 heavy (non-hydrogen) atoms. The van der Waals surface area contributed by atoms with Crippen LogP contribution in [-0.2, 0) is 4.79 Å². The van der Waals surface area contributed by atoms with E-state index in [4.69, 9.17) is 0 Å². The van der Waals surface area contributed by atoms with Gasteiger partial charge in [-0.05, 0) is 28.8 Å². The van der Waals surface area contributed by atoms with E-state index in [0.29, 0.717) is 5.56 Å². The van der Waals surface area contributed by atoms with Crippen LogP contribution in [0, 0.1) is 0 Å². The number of aldehydes is 1. The molecule has 0 spiro atoms. The van der Waals surface area contributed by atoms with Crippen molar-refractivity contribution in [2.24, 2.45) is 0 Å². The number of carbonyl (C=O) groups excluding carboxylic acids is 2. The van der Waals surface area contributed by atoms with Gasteiger partial charge in [0.05, 0.1) is 0 Å². The fraction of sp³-hybridized carbons (Fsp3) is 0.263. The molecule has 1 N–H and O–H groups in total. The third kappa shape index (κ3) is 4.29. The highest BCUT2D eigenvalue weighted by molar-refractivity contribution is 5.95. The molecule has 1 amide bonds. The van der Waals surface area contributed by atoms with Crippen LogP contribution in [0.4, 0.5) is 0 Å². The minimum absolute atomic E-state index is 0. The molecule has 0 saturated carbocycles. The predicted molar refractivity (Wildman–Crippen MR) is 93.2 cm³/mol. The summed E-state index contributed by atoms with van der Waals surface area (Å²) < 4.78 is 0. The Morgan fingerprint density at radius 3 is 2.27 bits per heavy atom. The van der Waals surface area contributed by atoms with Crippen LogP contribution in [0.25, 0.3) is 11.1 Å². The lowest BCUT2D eigenvalue weighted by Gasteiger charge is -2.09. The van der Waals surface area contributed by atoms with Gasteiger partial charge in [0.15, 0.2) is 0 Å². The second-order valence-corrected chi connectivity index (χ2v) is 4.71. The van der Waals surface area contributed by atoms with Crippen LogP contribution in [-0.4, -0.2) is 19.2 Å². The van der Waals surface area contributed by atoms with Crippen LogP contribution < -0.4 is 5.32 Å². The quantitative estimate of drug-likeness (QED) is 0.856. The summed E-state index contributed by atoms with van der Waals surface area (Å²) in [7, 11) is 1.61. The number of hydrogen-bond donors (Lipinski definition) is 1. The van der Waals surface area contributed by atoms with Crippen LogP contribution in [0.2, 0.25) is 0 Å². The molecular formula is C19H25NO2. The third-order valence-corrected chi connectivity index (χ3v) is 3.30. The van der Waals surface area contributed by atoms with Crippen molar-refractivity contribution in [3.05, 3.63) is 59.7 Å². The lowest BCUT2D eigenvalue weighted by molar-refractivity contribution is -0.108. The Morgan fingerprint density at radius 1 is 1.09 bits per heavy atom. The number of benzene rings is 2. The van der Waals surface area contributed by atoms with E-state index in [1.807, 2.05) is 63.2 Å². The maximum Gasteiger partial charge on any atom is 0.251 e. The highest BCUT2D eigenvalue weighted by Crippen LogP contribution is 2.24. The Labute approximate surface area is 133 Å². The van der Waals surface area contributed by atoms with Crippen molar-refractivity contribution in [1.82, 2.24) is 5.32 Å². The number of rotatable bonds is 4. The summed E-state index contributed by atoms with van der Waals surface area (Å²) in [5.41, 5.74) is 3.56. The van der Waals surface area contributed by atoms with Gasteiger partial charge in [0.2, 0.25) is 0 Å². The minimum Gasteiger partial charge on any atom is -0.355 e. The molecular weight excluding hydrogens is 274 g/mol. The molecule has 0 radical (unpaired) electrons. The molecule has 0 aliphatic heterocycles. The average molecular weight is 299 g/mol. The molecule has 118 valence electrons. The fourth-order valence-electron chi connectivity index (χ4n) is 2.06. The van der Waals surface area contributed by atoms with E-state index in [-0.39, 0.29) is 13.3 Å². The Kier molecular flexibility index (Phi) is 7.03. The molecule has 0 bridgehead atoms. The highest BCUT2D eigenvalue weighted by atomic mass is 16.1. The zero-order valence-electron chi connectivity index (χ0n) is 13.6. The van der Waals surface area contributed by atoms with Crippen molar-refractivity contribution in [3.8, 4) is 11.1 Å². The smallest absolute Gasteiger partial charge is 0.251 e. The van der Waals surface area contributed by atoms with Crippen LogP contribution in [0.3, 0.4) is 0 Å². The van der Waals surface area contributed by atoms with Gasteiger partial charge in [0.25, 0.3) is 5.91 Å². The first-order valence-electron chi connectivity index (χ1n) is 7.53. The minimum atomic E-state index is -0.128. The maximum atomic E-state index is 11.7. The molecule has 0 aromatic heterocycles. The van der Waals surface area contributed by atoms with Crippen molar-refractivity contribution < 1.29 is 11.0 Å². The van der Waals surface area contributed by atoms with Gasteiger partial charge in [-0.1, -0.05) is 57.2 Å². The van der Waals surface area contributed by atoms with Crippen molar-refractivity contribution in [2.45, 2.75) is 26.7 Å². The molecule has 0 aliphatic carbocycles. The highest BCUT2D eigenvalue weighted by Gasteiger charge is 2.08. The SMILES string of the molecule is CC.CNC(=O)c1cccc(-c2cccc(C(C)C=O)c2)c1.[HH]. The second-order valence-electron chi connectivity index (χ2n) is 4.71. The van der Waals surface area contributed by atoms with Crippen LogP contribution in [0.1, 0.15) is 44.0 Å². The number of amides is 1. The molecule has 0 aliphatic rings. The number of hydrogen-bond acceptors (Lipinski definition) is 2. The summed E-state index contributed by atoms with van der Waals surface area (Å²) in [6.45, 7) is 5.87. The van der Waals surface area contributed by atoms with Gasteiger partial charge in [-0.25, -0.2) is 0 Å². The largest absolute Gasteiger partial charge is 0.355 e. The van der Waals surface area contributed by atoms with Crippen LogP contribution >= 0.6 is 0 Å². The van der Waals surface area contributed by atoms with E-state index in [1.54, 1.807) is 13.1 Å². The molecule has 0 saturated heterocycles. The van der Waals surface area contributed by atoms with Gasteiger partial charge < -0.3 is 10.1 Å². The molecule has 3 heteroatoms. The van der Waals surface area contributed by atoms with Crippen molar-refractivity contribution in [1.29, 1.82) is 0 Å². The van der Waals surface area contributed by atoms with E-state index in [2.05, 4.69) is 5.32 Å². The fourth-order valence-corrected chi connectivity index (χ4v) is 2.06. The third-order valence-electron chi connectivity index (χ3n) is 3.30. The second kappa shape index (κ2) is 8.78. The Morgan fingerprint density at radius 2 is 1.68 bits per heavy atom. The molecule has 2 aromatic carbocycles. The normalized spacial score (nSPS) is 10.9.